The van der Waals surface area contributed by atoms with Crippen LogP contribution >= 0.6 is 0 Å². The molecule has 1 aromatic rings. The molecule has 4 heteroatoms. The molecular weight excluding hydrogens is 226 g/mol. The van der Waals surface area contributed by atoms with E-state index in [1.165, 1.54) is 16.0 Å². The fourth-order valence-electron chi connectivity index (χ4n) is 3.18. The lowest BCUT2D eigenvalue weighted by molar-refractivity contribution is -0.563. The standard InChI is InChI=1S/C14H18N3O/c1-16-10-14(9-12-5-3-2-4-6-12)11-17(18)8-7-13(14)15-16/h2-6H,7-11H2,1H3/q+1/t14-/m1/s1. The van der Waals surface area contributed by atoms with Crippen molar-refractivity contribution in [2.24, 2.45) is 10.5 Å². The molecule has 2 heterocycles. The van der Waals surface area contributed by atoms with Crippen molar-refractivity contribution in [3.05, 3.63) is 40.8 Å². The Labute approximate surface area is 107 Å². The zero-order valence-corrected chi connectivity index (χ0v) is 10.7. The van der Waals surface area contributed by atoms with Crippen LogP contribution in [-0.2, 0) is 6.42 Å². The van der Waals surface area contributed by atoms with Crippen LogP contribution in [-0.4, -0.2) is 42.2 Å². The number of piperidine rings is 1. The van der Waals surface area contributed by atoms with Gasteiger partial charge in [0.1, 0.15) is 0 Å². The molecule has 1 fully saturated rings. The van der Waals surface area contributed by atoms with E-state index < -0.39 is 0 Å². The molecule has 3 rings (SSSR count). The first-order valence-electron chi connectivity index (χ1n) is 6.43. The lowest BCUT2D eigenvalue weighted by atomic mass is 9.74. The van der Waals surface area contributed by atoms with Crippen molar-refractivity contribution in [3.8, 4) is 0 Å². The number of rotatable bonds is 2. The van der Waals surface area contributed by atoms with Crippen LogP contribution in [0.1, 0.15) is 12.0 Å². The molecule has 0 radical (unpaired) electrons. The highest BCUT2D eigenvalue weighted by Gasteiger charge is 2.50. The quantitative estimate of drug-likeness (QED) is 0.742. The summed E-state index contributed by atoms with van der Waals surface area (Å²) in [7, 11) is 1.99. The molecule has 1 aromatic carbocycles. The van der Waals surface area contributed by atoms with E-state index in [1.807, 2.05) is 18.1 Å². The summed E-state index contributed by atoms with van der Waals surface area (Å²) >= 11 is 0. The highest BCUT2D eigenvalue weighted by Crippen LogP contribution is 2.35. The molecule has 0 unspecified atom stereocenters. The van der Waals surface area contributed by atoms with E-state index in [-0.39, 0.29) is 5.41 Å². The van der Waals surface area contributed by atoms with E-state index >= 15 is 0 Å². The molecule has 1 atom stereocenters. The second-order valence-corrected chi connectivity index (χ2v) is 5.42. The summed E-state index contributed by atoms with van der Waals surface area (Å²) in [6.45, 7) is 2.02. The van der Waals surface area contributed by atoms with E-state index in [4.69, 9.17) is 0 Å². The minimum atomic E-state index is -0.0733. The van der Waals surface area contributed by atoms with Gasteiger partial charge in [0, 0.05) is 12.0 Å². The normalized spacial score (nSPS) is 27.1. The number of nitroso groups, excluding NO2 is 1. The van der Waals surface area contributed by atoms with Crippen molar-refractivity contribution in [2.45, 2.75) is 12.8 Å². The summed E-state index contributed by atoms with van der Waals surface area (Å²) in [5.41, 5.74) is 2.42. The lowest BCUT2D eigenvalue weighted by Gasteiger charge is -2.29. The second kappa shape index (κ2) is 4.19. The smallest absolute Gasteiger partial charge is 0.204 e. The van der Waals surface area contributed by atoms with E-state index in [0.717, 1.165) is 19.4 Å². The Morgan fingerprint density at radius 3 is 2.94 bits per heavy atom. The zero-order chi connectivity index (χ0) is 12.6. The molecular formula is C14H18N3O+. The Balaban J connectivity index is 1.91. The van der Waals surface area contributed by atoms with Crippen LogP contribution in [0.25, 0.3) is 0 Å². The molecule has 0 aliphatic carbocycles. The molecule has 0 amide bonds. The van der Waals surface area contributed by atoms with Crippen LogP contribution in [0.3, 0.4) is 0 Å². The summed E-state index contributed by atoms with van der Waals surface area (Å²) in [6, 6.07) is 10.4. The molecule has 4 nitrogen and oxygen atoms in total. The van der Waals surface area contributed by atoms with Gasteiger partial charge in [0.2, 0.25) is 6.54 Å². The van der Waals surface area contributed by atoms with Crippen LogP contribution in [0.2, 0.25) is 0 Å². The van der Waals surface area contributed by atoms with Crippen molar-refractivity contribution in [3.63, 3.8) is 0 Å². The summed E-state index contributed by atoms with van der Waals surface area (Å²) in [6.07, 6.45) is 1.72. The molecule has 2 aliphatic heterocycles. The van der Waals surface area contributed by atoms with E-state index in [9.17, 15) is 4.91 Å². The topological polar surface area (TPSA) is 35.7 Å². The number of benzene rings is 1. The maximum atomic E-state index is 11.8. The Hall–Kier alpha value is -1.71. The number of hydrogen-bond donors (Lipinski definition) is 0. The minimum Gasteiger partial charge on any atom is -0.299 e. The fraction of sp³-hybridized carbons (Fsp3) is 0.500. The Morgan fingerprint density at radius 2 is 2.17 bits per heavy atom. The van der Waals surface area contributed by atoms with Crippen molar-refractivity contribution >= 4 is 5.71 Å². The van der Waals surface area contributed by atoms with Crippen molar-refractivity contribution < 1.29 is 4.76 Å². The van der Waals surface area contributed by atoms with Gasteiger partial charge in [0.05, 0.1) is 24.1 Å². The van der Waals surface area contributed by atoms with Crippen LogP contribution < -0.4 is 0 Å². The Morgan fingerprint density at radius 1 is 1.39 bits per heavy atom. The van der Waals surface area contributed by atoms with E-state index in [1.54, 1.807) is 0 Å². The van der Waals surface area contributed by atoms with Crippen LogP contribution in [0, 0.1) is 10.3 Å². The summed E-state index contributed by atoms with van der Waals surface area (Å²) < 4.78 is 1.20. The van der Waals surface area contributed by atoms with Gasteiger partial charge < -0.3 is 0 Å². The van der Waals surface area contributed by atoms with Crippen LogP contribution in [0.5, 0.6) is 0 Å². The lowest BCUT2D eigenvalue weighted by Crippen LogP contribution is -2.47. The largest absolute Gasteiger partial charge is 0.299 e. The van der Waals surface area contributed by atoms with Crippen molar-refractivity contribution in [1.82, 2.24) is 5.01 Å². The summed E-state index contributed by atoms with van der Waals surface area (Å²) in [5.74, 6) is 0. The summed E-state index contributed by atoms with van der Waals surface area (Å²) in [4.78, 5) is 11.8. The highest BCUT2D eigenvalue weighted by molar-refractivity contribution is 5.92. The van der Waals surface area contributed by atoms with Gasteiger partial charge >= 0.3 is 0 Å². The number of hydrazone groups is 1. The highest BCUT2D eigenvalue weighted by atomic mass is 16.3. The second-order valence-electron chi connectivity index (χ2n) is 5.42. The Bertz CT molecular complexity index is 497. The molecule has 0 bridgehead atoms. The van der Waals surface area contributed by atoms with E-state index in [0.29, 0.717) is 13.1 Å². The van der Waals surface area contributed by atoms with Gasteiger partial charge in [-0.15, -0.1) is 0 Å². The molecule has 18 heavy (non-hydrogen) atoms. The Kier molecular flexibility index (Phi) is 2.65. The van der Waals surface area contributed by atoms with Crippen molar-refractivity contribution in [2.75, 3.05) is 26.7 Å². The third-order valence-corrected chi connectivity index (χ3v) is 3.90. The van der Waals surface area contributed by atoms with Crippen molar-refractivity contribution in [1.29, 1.82) is 0 Å². The third-order valence-electron chi connectivity index (χ3n) is 3.90. The minimum absolute atomic E-state index is 0.0733. The van der Waals surface area contributed by atoms with Gasteiger partial charge in [-0.25, -0.2) is 0 Å². The molecule has 0 saturated carbocycles. The molecule has 0 N–H and O–H groups in total. The fourth-order valence-corrected chi connectivity index (χ4v) is 3.18. The van der Waals surface area contributed by atoms with Gasteiger partial charge in [-0.1, -0.05) is 30.3 Å². The van der Waals surface area contributed by atoms with E-state index in [2.05, 4.69) is 29.4 Å². The first kappa shape index (κ1) is 11.4. The third kappa shape index (κ3) is 1.92. The van der Waals surface area contributed by atoms with Crippen LogP contribution in [0.4, 0.5) is 0 Å². The number of nitrogens with zero attached hydrogens (tertiary/aromatic N) is 3. The maximum absolute atomic E-state index is 11.8. The van der Waals surface area contributed by atoms with Crippen LogP contribution in [0.15, 0.2) is 35.4 Å². The molecule has 0 spiro atoms. The monoisotopic (exact) mass is 244 g/mol. The molecule has 0 aromatic heterocycles. The average molecular weight is 244 g/mol. The maximum Gasteiger partial charge on any atom is 0.204 e. The first-order valence-corrected chi connectivity index (χ1v) is 6.43. The van der Waals surface area contributed by atoms with Gasteiger partial charge in [-0.05, 0) is 16.7 Å². The predicted octanol–water partition coefficient (Wildman–Crippen LogP) is 1.70. The van der Waals surface area contributed by atoms with Gasteiger partial charge in [0.15, 0.2) is 6.54 Å². The molecule has 2 aliphatic rings. The zero-order valence-electron chi connectivity index (χ0n) is 10.7. The van der Waals surface area contributed by atoms with Gasteiger partial charge in [-0.3, -0.25) is 5.01 Å². The predicted molar refractivity (Wildman–Crippen MR) is 70.6 cm³/mol. The summed E-state index contributed by atoms with van der Waals surface area (Å²) in [5, 5.41) is 6.58. The van der Waals surface area contributed by atoms with Gasteiger partial charge in [-0.2, -0.15) is 5.10 Å². The average Bonchev–Trinajstić information content (AvgIpc) is 2.65. The first-order chi connectivity index (χ1) is 8.68. The SMILES string of the molecule is CN1C[C@]2(Cc3ccccc3)C[N+](=O)CCC2=N1. The molecule has 1 saturated heterocycles. The molecule has 94 valence electrons. The number of fused-ring (bicyclic) bond motifs is 1. The number of hydrogen-bond acceptors (Lipinski definition) is 3. The van der Waals surface area contributed by atoms with Gasteiger partial charge in [0.25, 0.3) is 0 Å².